The Balaban J connectivity index is 1.87. The van der Waals surface area contributed by atoms with Crippen LogP contribution in [0.4, 0.5) is 24.7 Å². The fourth-order valence-corrected chi connectivity index (χ4v) is 1.95. The molecule has 1 aromatic heterocycles. The van der Waals surface area contributed by atoms with Crippen molar-refractivity contribution >= 4 is 17.5 Å². The normalized spacial score (nSPS) is 12.1. The first-order chi connectivity index (χ1) is 11.4. The zero-order valence-corrected chi connectivity index (χ0v) is 13.1. The van der Waals surface area contributed by atoms with Gasteiger partial charge in [-0.2, -0.15) is 13.2 Å². The summed E-state index contributed by atoms with van der Waals surface area (Å²) in [5.74, 6) is -0.0250. The highest BCUT2D eigenvalue weighted by atomic mass is 19.4. The zero-order valence-electron chi connectivity index (χ0n) is 13.1. The summed E-state index contributed by atoms with van der Waals surface area (Å²) >= 11 is 0. The molecule has 0 aliphatic rings. The van der Waals surface area contributed by atoms with E-state index in [9.17, 15) is 13.2 Å². The first-order valence-corrected chi connectivity index (χ1v) is 7.26. The molecule has 0 amide bonds. The number of hydrogen-bond acceptors (Lipinski definition) is 3. The number of aliphatic imine (C=N–C) groups is 1. The van der Waals surface area contributed by atoms with Crippen LogP contribution in [0.25, 0.3) is 0 Å². The number of rotatable bonds is 5. The molecule has 128 valence electrons. The highest BCUT2D eigenvalue weighted by Crippen LogP contribution is 2.33. The maximum atomic E-state index is 12.8. The molecular formula is C16H18F3N5. The number of anilines is 2. The van der Waals surface area contributed by atoms with Crippen LogP contribution in [0.15, 0.2) is 47.6 Å². The molecule has 2 rings (SSSR count). The standard InChI is InChI=1S/C16H18F3N5/c1-11-4-6-12(7-5-11)24-15(20)23-10-9-22-14-13(16(17,18)19)3-2-8-21-14/h2-8H,9-10H2,1H3,(H,21,22)(H3,20,23,24). The number of hydrogen-bond donors (Lipinski definition) is 3. The maximum Gasteiger partial charge on any atom is 0.419 e. The van der Waals surface area contributed by atoms with Gasteiger partial charge in [0.25, 0.3) is 0 Å². The number of alkyl halides is 3. The number of nitrogens with one attached hydrogen (secondary N) is 2. The number of aryl methyl sites for hydroxylation is 1. The lowest BCUT2D eigenvalue weighted by atomic mass is 10.2. The van der Waals surface area contributed by atoms with Crippen molar-refractivity contribution in [3.8, 4) is 0 Å². The van der Waals surface area contributed by atoms with E-state index in [1.807, 2.05) is 31.2 Å². The monoisotopic (exact) mass is 337 g/mol. The van der Waals surface area contributed by atoms with Crippen LogP contribution in [0.5, 0.6) is 0 Å². The van der Waals surface area contributed by atoms with E-state index in [1.54, 1.807) is 0 Å². The summed E-state index contributed by atoms with van der Waals surface area (Å²) in [5.41, 5.74) is 6.84. The van der Waals surface area contributed by atoms with Crippen LogP contribution >= 0.6 is 0 Å². The third kappa shape index (κ3) is 5.15. The number of pyridine rings is 1. The predicted octanol–water partition coefficient (Wildman–Crippen LogP) is 3.25. The number of nitrogens with zero attached hydrogens (tertiary/aromatic N) is 2. The van der Waals surface area contributed by atoms with E-state index in [-0.39, 0.29) is 24.9 Å². The molecular weight excluding hydrogens is 319 g/mol. The topological polar surface area (TPSA) is 75.3 Å². The third-order valence-electron chi connectivity index (χ3n) is 3.12. The zero-order chi connectivity index (χ0) is 17.6. The lowest BCUT2D eigenvalue weighted by Crippen LogP contribution is -2.24. The average Bonchev–Trinajstić information content (AvgIpc) is 2.53. The minimum atomic E-state index is -4.45. The van der Waals surface area contributed by atoms with E-state index in [0.717, 1.165) is 17.3 Å². The minimum Gasteiger partial charge on any atom is -0.370 e. The van der Waals surface area contributed by atoms with Gasteiger partial charge in [-0.1, -0.05) is 17.7 Å². The first-order valence-electron chi connectivity index (χ1n) is 7.26. The maximum absolute atomic E-state index is 12.8. The third-order valence-corrected chi connectivity index (χ3v) is 3.12. The van der Waals surface area contributed by atoms with Crippen LogP contribution in [-0.4, -0.2) is 24.0 Å². The lowest BCUT2D eigenvalue weighted by Gasteiger charge is -2.12. The van der Waals surface area contributed by atoms with E-state index in [1.165, 1.54) is 12.3 Å². The molecule has 8 heteroatoms. The average molecular weight is 337 g/mol. The Kier molecular flexibility index (Phi) is 5.62. The second kappa shape index (κ2) is 7.67. The summed E-state index contributed by atoms with van der Waals surface area (Å²) in [6, 6.07) is 9.80. The van der Waals surface area contributed by atoms with E-state index < -0.39 is 11.7 Å². The van der Waals surface area contributed by atoms with Gasteiger partial charge in [-0.15, -0.1) is 0 Å². The molecule has 2 aromatic rings. The Bertz CT molecular complexity index is 696. The molecule has 1 heterocycles. The van der Waals surface area contributed by atoms with E-state index in [2.05, 4.69) is 20.6 Å². The van der Waals surface area contributed by atoms with Gasteiger partial charge in [0.15, 0.2) is 5.96 Å². The van der Waals surface area contributed by atoms with Crippen LogP contribution in [0.2, 0.25) is 0 Å². The van der Waals surface area contributed by atoms with Crippen molar-refractivity contribution in [3.63, 3.8) is 0 Å². The summed E-state index contributed by atoms with van der Waals surface area (Å²) in [6.07, 6.45) is -3.15. The molecule has 24 heavy (non-hydrogen) atoms. The molecule has 0 spiro atoms. The summed E-state index contributed by atoms with van der Waals surface area (Å²) in [5, 5.41) is 5.53. The van der Waals surface area contributed by atoms with Crippen molar-refractivity contribution in [2.45, 2.75) is 13.1 Å². The fraction of sp³-hybridized carbons (Fsp3) is 0.250. The van der Waals surface area contributed by atoms with Crippen molar-refractivity contribution in [2.75, 3.05) is 23.7 Å². The Labute approximate surface area is 137 Å². The number of halogens is 3. The largest absolute Gasteiger partial charge is 0.419 e. The van der Waals surface area contributed by atoms with Crippen molar-refractivity contribution in [1.29, 1.82) is 0 Å². The molecule has 0 radical (unpaired) electrons. The van der Waals surface area contributed by atoms with Crippen molar-refractivity contribution in [1.82, 2.24) is 4.98 Å². The van der Waals surface area contributed by atoms with Gasteiger partial charge in [-0.25, -0.2) is 4.98 Å². The highest BCUT2D eigenvalue weighted by Gasteiger charge is 2.33. The van der Waals surface area contributed by atoms with Gasteiger partial charge >= 0.3 is 6.18 Å². The van der Waals surface area contributed by atoms with Gasteiger partial charge in [0, 0.05) is 18.4 Å². The van der Waals surface area contributed by atoms with Crippen molar-refractivity contribution in [3.05, 3.63) is 53.7 Å². The first kappa shape index (κ1) is 17.6. The second-order valence-corrected chi connectivity index (χ2v) is 5.08. The van der Waals surface area contributed by atoms with Gasteiger partial charge in [0.05, 0.1) is 12.1 Å². The summed E-state index contributed by atoms with van der Waals surface area (Å²) in [6.45, 7) is 2.36. The van der Waals surface area contributed by atoms with Gasteiger partial charge < -0.3 is 16.4 Å². The quantitative estimate of drug-likeness (QED) is 0.445. The molecule has 0 bridgehead atoms. The Morgan fingerprint density at radius 3 is 2.58 bits per heavy atom. The molecule has 1 aromatic carbocycles. The summed E-state index contributed by atoms with van der Waals surface area (Å²) in [4.78, 5) is 7.77. The number of aromatic nitrogens is 1. The van der Waals surface area contributed by atoms with Crippen LogP contribution in [0.1, 0.15) is 11.1 Å². The molecule has 0 saturated carbocycles. The second-order valence-electron chi connectivity index (χ2n) is 5.08. The lowest BCUT2D eigenvalue weighted by molar-refractivity contribution is -0.137. The molecule has 0 unspecified atom stereocenters. The number of nitrogens with two attached hydrogens (primary N) is 1. The van der Waals surface area contributed by atoms with Crippen LogP contribution in [0.3, 0.4) is 0 Å². The highest BCUT2D eigenvalue weighted by molar-refractivity contribution is 5.92. The van der Waals surface area contributed by atoms with Crippen molar-refractivity contribution < 1.29 is 13.2 Å². The molecule has 0 atom stereocenters. The molecule has 0 aliphatic carbocycles. The molecule has 0 aliphatic heterocycles. The smallest absolute Gasteiger partial charge is 0.370 e. The molecule has 0 saturated heterocycles. The van der Waals surface area contributed by atoms with Gasteiger partial charge in [-0.3, -0.25) is 4.99 Å². The van der Waals surface area contributed by atoms with Crippen LogP contribution < -0.4 is 16.4 Å². The summed E-state index contributed by atoms with van der Waals surface area (Å²) < 4.78 is 38.5. The minimum absolute atomic E-state index is 0.177. The SMILES string of the molecule is Cc1ccc(NC(N)=NCCNc2ncccc2C(F)(F)F)cc1. The Hall–Kier alpha value is -2.77. The molecule has 4 N–H and O–H groups in total. The van der Waals surface area contributed by atoms with E-state index in [4.69, 9.17) is 5.73 Å². The Morgan fingerprint density at radius 1 is 1.21 bits per heavy atom. The van der Waals surface area contributed by atoms with Gasteiger partial charge in [0.1, 0.15) is 5.82 Å². The fourth-order valence-electron chi connectivity index (χ4n) is 1.95. The van der Waals surface area contributed by atoms with E-state index >= 15 is 0 Å². The van der Waals surface area contributed by atoms with Crippen molar-refractivity contribution in [2.24, 2.45) is 10.7 Å². The van der Waals surface area contributed by atoms with E-state index in [0.29, 0.717) is 0 Å². The Morgan fingerprint density at radius 2 is 1.92 bits per heavy atom. The van der Waals surface area contributed by atoms with Crippen LogP contribution in [-0.2, 0) is 6.18 Å². The van der Waals surface area contributed by atoms with Gasteiger partial charge in [-0.05, 0) is 31.2 Å². The number of guanidine groups is 1. The van der Waals surface area contributed by atoms with Gasteiger partial charge in [0.2, 0.25) is 0 Å². The van der Waals surface area contributed by atoms with Crippen LogP contribution in [0, 0.1) is 6.92 Å². The predicted molar refractivity (Wildman–Crippen MR) is 89.0 cm³/mol. The number of benzene rings is 1. The molecule has 0 fully saturated rings. The molecule has 5 nitrogen and oxygen atoms in total. The summed E-state index contributed by atoms with van der Waals surface area (Å²) in [7, 11) is 0.